The van der Waals surface area contributed by atoms with Gasteiger partial charge in [0.25, 0.3) is 5.91 Å². The Morgan fingerprint density at radius 3 is 2.85 bits per heavy atom. The molecule has 1 saturated heterocycles. The van der Waals surface area contributed by atoms with Crippen molar-refractivity contribution in [3.8, 4) is 11.3 Å². The van der Waals surface area contributed by atoms with Gasteiger partial charge in [0, 0.05) is 35.8 Å². The lowest BCUT2D eigenvalue weighted by atomic mass is 9.99. The molecule has 1 unspecified atom stereocenters. The molecule has 0 saturated carbocycles. The zero-order valence-corrected chi connectivity index (χ0v) is 14.6. The van der Waals surface area contributed by atoms with Crippen LogP contribution >= 0.6 is 11.6 Å². The minimum absolute atomic E-state index is 0.130. The Hall–Kier alpha value is -2.73. The van der Waals surface area contributed by atoms with Gasteiger partial charge in [0.15, 0.2) is 5.82 Å². The fraction of sp³-hybridized carbons (Fsp3) is 0.211. The van der Waals surface area contributed by atoms with E-state index >= 15 is 0 Å². The molecule has 1 N–H and O–H groups in total. The van der Waals surface area contributed by atoms with Crippen molar-refractivity contribution in [2.24, 2.45) is 0 Å². The maximum atomic E-state index is 13.8. The Kier molecular flexibility index (Phi) is 4.42. The van der Waals surface area contributed by atoms with Crippen molar-refractivity contribution in [2.75, 3.05) is 13.1 Å². The summed E-state index contributed by atoms with van der Waals surface area (Å²) in [6, 6.07) is 10.9. The number of carbonyl (C=O) groups excluding carboxylic acids is 1. The van der Waals surface area contributed by atoms with Gasteiger partial charge in [-0.05, 0) is 36.2 Å². The highest BCUT2D eigenvalue weighted by molar-refractivity contribution is 6.30. The molecule has 0 radical (unpaired) electrons. The molecular formula is C19H16ClFN4O. The zero-order chi connectivity index (χ0) is 18.1. The number of amides is 1. The summed E-state index contributed by atoms with van der Waals surface area (Å²) in [6.45, 7) is 1.31. The lowest BCUT2D eigenvalue weighted by Gasteiger charge is -2.15. The summed E-state index contributed by atoms with van der Waals surface area (Å²) < 4.78 is 13.8. The van der Waals surface area contributed by atoms with E-state index in [-0.39, 0.29) is 11.8 Å². The largest absolute Gasteiger partial charge is 0.337 e. The standard InChI is InChI=1S/C19H16ClFN4O/c20-14-3-1-12(2-4-14)13-6-8-25(11-13)19(26)18-9-17(23-24-18)15-5-7-22-10-16(15)21/h1-5,7,9-10,13H,6,8,11H2,(H,23,24). The second kappa shape index (κ2) is 6.88. The normalized spacial score (nSPS) is 16.8. The van der Waals surface area contributed by atoms with Gasteiger partial charge >= 0.3 is 0 Å². The van der Waals surface area contributed by atoms with Crippen LogP contribution < -0.4 is 0 Å². The quantitative estimate of drug-likeness (QED) is 0.760. The summed E-state index contributed by atoms with van der Waals surface area (Å²) in [5, 5.41) is 7.50. The van der Waals surface area contributed by atoms with Gasteiger partial charge in [0.05, 0.1) is 11.9 Å². The topological polar surface area (TPSA) is 61.9 Å². The van der Waals surface area contributed by atoms with Gasteiger partial charge in [-0.1, -0.05) is 23.7 Å². The van der Waals surface area contributed by atoms with Crippen molar-refractivity contribution in [1.82, 2.24) is 20.1 Å². The average molecular weight is 371 g/mol. The van der Waals surface area contributed by atoms with E-state index in [0.29, 0.717) is 35.1 Å². The maximum Gasteiger partial charge on any atom is 0.271 e. The molecular weight excluding hydrogens is 355 g/mol. The summed E-state index contributed by atoms with van der Waals surface area (Å²) in [5.41, 5.74) is 2.24. The van der Waals surface area contributed by atoms with Gasteiger partial charge in [0.1, 0.15) is 5.69 Å². The number of pyridine rings is 1. The molecule has 1 aromatic carbocycles. The van der Waals surface area contributed by atoms with Crippen LogP contribution in [0.1, 0.15) is 28.4 Å². The number of rotatable bonds is 3. The molecule has 1 fully saturated rings. The molecule has 4 rings (SSSR count). The van der Waals surface area contributed by atoms with Gasteiger partial charge < -0.3 is 4.90 Å². The van der Waals surface area contributed by atoms with Crippen LogP contribution in [0.4, 0.5) is 4.39 Å². The molecule has 0 bridgehead atoms. The number of carbonyl (C=O) groups is 1. The molecule has 5 nitrogen and oxygen atoms in total. The van der Waals surface area contributed by atoms with Gasteiger partial charge in [-0.3, -0.25) is 14.9 Å². The third-order valence-electron chi connectivity index (χ3n) is 4.67. The number of benzene rings is 1. The summed E-state index contributed by atoms with van der Waals surface area (Å²) in [4.78, 5) is 18.2. The number of aromatic nitrogens is 3. The van der Waals surface area contributed by atoms with Crippen LogP contribution in [0.2, 0.25) is 5.02 Å². The number of halogens is 2. The molecule has 3 aromatic rings. The predicted octanol–water partition coefficient (Wildman–Crippen LogP) is 3.89. The third kappa shape index (κ3) is 3.20. The van der Waals surface area contributed by atoms with E-state index in [1.54, 1.807) is 11.0 Å². The predicted molar refractivity (Wildman–Crippen MR) is 96.5 cm³/mol. The van der Waals surface area contributed by atoms with E-state index in [1.807, 2.05) is 24.3 Å². The van der Waals surface area contributed by atoms with E-state index in [1.165, 1.54) is 17.8 Å². The first-order valence-electron chi connectivity index (χ1n) is 8.32. The van der Waals surface area contributed by atoms with Gasteiger partial charge in [0.2, 0.25) is 0 Å². The van der Waals surface area contributed by atoms with Crippen LogP contribution in [0.3, 0.4) is 0 Å². The van der Waals surface area contributed by atoms with Crippen LogP contribution in [0.25, 0.3) is 11.3 Å². The monoisotopic (exact) mass is 370 g/mol. The fourth-order valence-corrected chi connectivity index (χ4v) is 3.40. The smallest absolute Gasteiger partial charge is 0.271 e. The van der Waals surface area contributed by atoms with Gasteiger partial charge in [-0.25, -0.2) is 4.39 Å². The molecule has 1 atom stereocenters. The summed E-state index contributed by atoms with van der Waals surface area (Å²) >= 11 is 5.94. The van der Waals surface area contributed by atoms with E-state index in [0.717, 1.165) is 12.6 Å². The Bertz CT molecular complexity index is 941. The molecule has 132 valence electrons. The Labute approximate surface area is 154 Å². The summed E-state index contributed by atoms with van der Waals surface area (Å²) in [5.74, 6) is -0.312. The second-order valence-corrected chi connectivity index (χ2v) is 6.75. The summed E-state index contributed by atoms with van der Waals surface area (Å²) in [7, 11) is 0. The van der Waals surface area contributed by atoms with Crippen LogP contribution in [0.15, 0.2) is 48.8 Å². The highest BCUT2D eigenvalue weighted by atomic mass is 35.5. The lowest BCUT2D eigenvalue weighted by molar-refractivity contribution is 0.0785. The molecule has 3 heterocycles. The van der Waals surface area contributed by atoms with Crippen molar-refractivity contribution in [3.63, 3.8) is 0 Å². The Morgan fingerprint density at radius 1 is 1.27 bits per heavy atom. The average Bonchev–Trinajstić information content (AvgIpc) is 3.32. The highest BCUT2D eigenvalue weighted by Gasteiger charge is 2.29. The summed E-state index contributed by atoms with van der Waals surface area (Å²) in [6.07, 6.45) is 3.52. The van der Waals surface area contributed by atoms with Crippen LogP contribution in [-0.4, -0.2) is 39.1 Å². The van der Waals surface area contributed by atoms with Crippen LogP contribution in [0.5, 0.6) is 0 Å². The van der Waals surface area contributed by atoms with Crippen molar-refractivity contribution in [3.05, 3.63) is 70.9 Å². The first-order chi connectivity index (χ1) is 12.6. The van der Waals surface area contributed by atoms with E-state index in [4.69, 9.17) is 11.6 Å². The molecule has 0 aliphatic carbocycles. The van der Waals surface area contributed by atoms with Crippen LogP contribution in [0, 0.1) is 5.82 Å². The Balaban J connectivity index is 1.49. The van der Waals surface area contributed by atoms with Gasteiger partial charge in [-0.15, -0.1) is 0 Å². The fourth-order valence-electron chi connectivity index (χ4n) is 3.27. The molecule has 7 heteroatoms. The zero-order valence-electron chi connectivity index (χ0n) is 13.8. The van der Waals surface area contributed by atoms with Crippen molar-refractivity contribution in [1.29, 1.82) is 0 Å². The number of aromatic amines is 1. The number of likely N-dealkylation sites (tertiary alicyclic amines) is 1. The number of nitrogens with zero attached hydrogens (tertiary/aromatic N) is 3. The SMILES string of the molecule is O=C(c1cc(-c2ccncc2F)n[nH]1)N1CCC(c2ccc(Cl)cc2)C1. The molecule has 1 aliphatic rings. The minimum Gasteiger partial charge on any atom is -0.337 e. The number of H-pyrrole nitrogens is 1. The second-order valence-electron chi connectivity index (χ2n) is 6.31. The number of hydrogen-bond acceptors (Lipinski definition) is 3. The first kappa shape index (κ1) is 16.7. The first-order valence-corrected chi connectivity index (χ1v) is 8.69. The van der Waals surface area contributed by atoms with Crippen molar-refractivity contribution >= 4 is 17.5 Å². The van der Waals surface area contributed by atoms with E-state index < -0.39 is 5.82 Å². The van der Waals surface area contributed by atoms with Crippen LogP contribution in [-0.2, 0) is 0 Å². The molecule has 0 spiro atoms. The van der Waals surface area contributed by atoms with Gasteiger partial charge in [-0.2, -0.15) is 5.10 Å². The Morgan fingerprint density at radius 2 is 2.08 bits per heavy atom. The number of hydrogen-bond donors (Lipinski definition) is 1. The third-order valence-corrected chi connectivity index (χ3v) is 4.93. The molecule has 1 aliphatic heterocycles. The van der Waals surface area contributed by atoms with Crippen molar-refractivity contribution in [2.45, 2.75) is 12.3 Å². The number of nitrogens with one attached hydrogen (secondary N) is 1. The molecule has 26 heavy (non-hydrogen) atoms. The lowest BCUT2D eigenvalue weighted by Crippen LogP contribution is -2.28. The van der Waals surface area contributed by atoms with Crippen molar-refractivity contribution < 1.29 is 9.18 Å². The van der Waals surface area contributed by atoms with E-state index in [9.17, 15) is 9.18 Å². The van der Waals surface area contributed by atoms with E-state index in [2.05, 4.69) is 15.2 Å². The molecule has 2 aromatic heterocycles. The minimum atomic E-state index is -0.470. The highest BCUT2D eigenvalue weighted by Crippen LogP contribution is 2.29. The maximum absolute atomic E-state index is 13.8. The molecule has 1 amide bonds.